The molecule has 0 aromatic carbocycles. The van der Waals surface area contributed by atoms with E-state index in [1.807, 2.05) is 6.92 Å². The standard InChI is InChI=1S/C13H24N2O2S/c1-2-17-9-8-11(16)15-12(13(14)18)10-6-4-3-5-7-10/h10,12H,2-9H2,1H3,(H2,14,18)(H,15,16). The highest BCUT2D eigenvalue weighted by Gasteiger charge is 2.26. The largest absolute Gasteiger partial charge is 0.392 e. The summed E-state index contributed by atoms with van der Waals surface area (Å²) in [6.07, 6.45) is 6.27. The molecule has 18 heavy (non-hydrogen) atoms. The van der Waals surface area contributed by atoms with Crippen LogP contribution in [0, 0.1) is 5.92 Å². The van der Waals surface area contributed by atoms with Gasteiger partial charge >= 0.3 is 0 Å². The van der Waals surface area contributed by atoms with Crippen molar-refractivity contribution in [3.8, 4) is 0 Å². The second kappa shape index (κ2) is 8.43. The minimum atomic E-state index is -0.144. The van der Waals surface area contributed by atoms with Crippen molar-refractivity contribution in [3.05, 3.63) is 0 Å². The number of thiocarbonyl (C=S) groups is 1. The van der Waals surface area contributed by atoms with Crippen LogP contribution >= 0.6 is 12.2 Å². The number of carbonyl (C=O) groups excluding carboxylic acids is 1. The molecule has 104 valence electrons. The van der Waals surface area contributed by atoms with E-state index >= 15 is 0 Å². The number of carbonyl (C=O) groups is 1. The zero-order chi connectivity index (χ0) is 13.4. The molecule has 0 aromatic heterocycles. The van der Waals surface area contributed by atoms with E-state index in [1.165, 1.54) is 19.3 Å². The van der Waals surface area contributed by atoms with Gasteiger partial charge in [-0.3, -0.25) is 4.79 Å². The molecule has 0 spiro atoms. The molecule has 5 heteroatoms. The lowest BCUT2D eigenvalue weighted by molar-refractivity contribution is -0.122. The Balaban J connectivity index is 2.41. The second-order valence-electron chi connectivity index (χ2n) is 4.79. The van der Waals surface area contributed by atoms with Crippen LogP contribution in [0.3, 0.4) is 0 Å². The Hall–Kier alpha value is -0.680. The fourth-order valence-electron chi connectivity index (χ4n) is 2.44. The van der Waals surface area contributed by atoms with Gasteiger partial charge in [-0.2, -0.15) is 0 Å². The molecule has 1 aliphatic carbocycles. The quantitative estimate of drug-likeness (QED) is 0.547. The first-order chi connectivity index (χ1) is 8.65. The Bertz CT molecular complexity index is 278. The molecule has 4 nitrogen and oxygen atoms in total. The molecule has 0 aromatic rings. The van der Waals surface area contributed by atoms with Gasteiger partial charge in [-0.25, -0.2) is 0 Å². The van der Waals surface area contributed by atoms with Crippen molar-refractivity contribution in [2.24, 2.45) is 11.7 Å². The van der Waals surface area contributed by atoms with E-state index in [2.05, 4.69) is 5.32 Å². The molecule has 1 fully saturated rings. The lowest BCUT2D eigenvalue weighted by atomic mass is 9.84. The molecule has 1 aliphatic rings. The summed E-state index contributed by atoms with van der Waals surface area (Å²) in [7, 11) is 0. The molecule has 0 saturated heterocycles. The van der Waals surface area contributed by atoms with Crippen LogP contribution in [-0.2, 0) is 9.53 Å². The van der Waals surface area contributed by atoms with Crippen LogP contribution in [0.15, 0.2) is 0 Å². The van der Waals surface area contributed by atoms with Crippen molar-refractivity contribution in [1.29, 1.82) is 0 Å². The molecule has 0 radical (unpaired) electrons. The summed E-state index contributed by atoms with van der Waals surface area (Å²) in [6, 6.07) is -0.144. The van der Waals surface area contributed by atoms with Gasteiger partial charge in [0.1, 0.15) is 0 Å². The van der Waals surface area contributed by atoms with Crippen LogP contribution < -0.4 is 11.1 Å². The highest BCUT2D eigenvalue weighted by molar-refractivity contribution is 7.80. The average Bonchev–Trinajstić information content (AvgIpc) is 2.37. The third kappa shape index (κ3) is 5.31. The smallest absolute Gasteiger partial charge is 0.222 e. The monoisotopic (exact) mass is 272 g/mol. The molecule has 1 saturated carbocycles. The zero-order valence-corrected chi connectivity index (χ0v) is 11.9. The van der Waals surface area contributed by atoms with Crippen molar-refractivity contribution in [2.75, 3.05) is 13.2 Å². The summed E-state index contributed by atoms with van der Waals surface area (Å²) in [4.78, 5) is 12.2. The van der Waals surface area contributed by atoms with E-state index in [0.717, 1.165) is 12.8 Å². The third-order valence-electron chi connectivity index (χ3n) is 3.42. The first-order valence-corrected chi connectivity index (χ1v) is 7.22. The summed E-state index contributed by atoms with van der Waals surface area (Å²) in [5.74, 6) is 0.388. The lowest BCUT2D eigenvalue weighted by Crippen LogP contribution is -2.49. The van der Waals surface area contributed by atoms with E-state index in [0.29, 0.717) is 30.5 Å². The van der Waals surface area contributed by atoms with Crippen LogP contribution in [0.4, 0.5) is 0 Å². The van der Waals surface area contributed by atoms with Crippen molar-refractivity contribution in [3.63, 3.8) is 0 Å². The van der Waals surface area contributed by atoms with Gasteiger partial charge in [0, 0.05) is 13.0 Å². The molecule has 0 heterocycles. The van der Waals surface area contributed by atoms with Crippen molar-refractivity contribution in [2.45, 2.75) is 51.5 Å². The number of rotatable bonds is 7. The van der Waals surface area contributed by atoms with Crippen molar-refractivity contribution < 1.29 is 9.53 Å². The maximum absolute atomic E-state index is 11.8. The number of amides is 1. The fourth-order valence-corrected chi connectivity index (χ4v) is 2.69. The maximum Gasteiger partial charge on any atom is 0.222 e. The number of hydrogen-bond donors (Lipinski definition) is 2. The fraction of sp³-hybridized carbons (Fsp3) is 0.846. The highest BCUT2D eigenvalue weighted by atomic mass is 32.1. The number of nitrogens with two attached hydrogens (primary N) is 1. The van der Waals surface area contributed by atoms with E-state index in [1.54, 1.807) is 0 Å². The summed E-state index contributed by atoms with van der Waals surface area (Å²) in [6.45, 7) is 3.00. The minimum Gasteiger partial charge on any atom is -0.392 e. The van der Waals surface area contributed by atoms with E-state index < -0.39 is 0 Å². The first kappa shape index (κ1) is 15.4. The van der Waals surface area contributed by atoms with Crippen LogP contribution in [0.2, 0.25) is 0 Å². The predicted octanol–water partition coefficient (Wildman–Crippen LogP) is 1.76. The van der Waals surface area contributed by atoms with Gasteiger partial charge in [0.15, 0.2) is 0 Å². The van der Waals surface area contributed by atoms with Gasteiger partial charge in [0.25, 0.3) is 0 Å². The van der Waals surface area contributed by atoms with Gasteiger partial charge in [-0.05, 0) is 25.7 Å². The number of nitrogens with one attached hydrogen (secondary N) is 1. The predicted molar refractivity (Wildman–Crippen MR) is 76.4 cm³/mol. The summed E-state index contributed by atoms with van der Waals surface area (Å²) < 4.78 is 5.17. The molecule has 0 bridgehead atoms. The Morgan fingerprint density at radius 2 is 2.11 bits per heavy atom. The summed E-state index contributed by atoms with van der Waals surface area (Å²) in [5, 5.41) is 2.96. The summed E-state index contributed by atoms with van der Waals surface area (Å²) >= 11 is 5.08. The molecule has 3 N–H and O–H groups in total. The second-order valence-corrected chi connectivity index (χ2v) is 5.26. The number of ether oxygens (including phenoxy) is 1. The Labute approximate surface area is 115 Å². The van der Waals surface area contributed by atoms with Crippen molar-refractivity contribution in [1.82, 2.24) is 5.32 Å². The normalized spacial score (nSPS) is 18.3. The molecule has 1 unspecified atom stereocenters. The Kier molecular flexibility index (Phi) is 7.20. The Morgan fingerprint density at radius 3 is 2.67 bits per heavy atom. The van der Waals surface area contributed by atoms with Crippen molar-refractivity contribution >= 4 is 23.1 Å². The third-order valence-corrected chi connectivity index (χ3v) is 3.68. The molecule has 1 rings (SSSR count). The number of hydrogen-bond acceptors (Lipinski definition) is 3. The molecular weight excluding hydrogens is 248 g/mol. The molecule has 1 atom stereocenters. The molecular formula is C13H24N2O2S. The topological polar surface area (TPSA) is 64.3 Å². The van der Waals surface area contributed by atoms with Crippen LogP contribution in [-0.4, -0.2) is 30.2 Å². The molecule has 1 amide bonds. The maximum atomic E-state index is 11.8. The van der Waals surface area contributed by atoms with E-state index in [-0.39, 0.29) is 11.9 Å². The van der Waals surface area contributed by atoms with Crippen LogP contribution in [0.5, 0.6) is 0 Å². The van der Waals surface area contributed by atoms with E-state index in [4.69, 9.17) is 22.7 Å². The van der Waals surface area contributed by atoms with Crippen LogP contribution in [0.25, 0.3) is 0 Å². The van der Waals surface area contributed by atoms with Gasteiger partial charge in [0.2, 0.25) is 5.91 Å². The average molecular weight is 272 g/mol. The summed E-state index contributed by atoms with van der Waals surface area (Å²) in [5.41, 5.74) is 5.76. The lowest BCUT2D eigenvalue weighted by Gasteiger charge is -2.30. The molecule has 0 aliphatic heterocycles. The SMILES string of the molecule is CCOCCC(=O)NC(C(N)=S)C1CCCCC1. The zero-order valence-electron chi connectivity index (χ0n) is 11.1. The first-order valence-electron chi connectivity index (χ1n) is 6.81. The minimum absolute atomic E-state index is 0.0215. The Morgan fingerprint density at radius 1 is 1.44 bits per heavy atom. The highest BCUT2D eigenvalue weighted by Crippen LogP contribution is 2.26. The van der Waals surface area contributed by atoms with Gasteiger partial charge in [0.05, 0.1) is 17.6 Å². The van der Waals surface area contributed by atoms with Gasteiger partial charge < -0.3 is 15.8 Å². The van der Waals surface area contributed by atoms with E-state index in [9.17, 15) is 4.79 Å². The van der Waals surface area contributed by atoms with Gasteiger partial charge in [-0.1, -0.05) is 31.5 Å². The van der Waals surface area contributed by atoms with Gasteiger partial charge in [-0.15, -0.1) is 0 Å². The van der Waals surface area contributed by atoms with Crippen LogP contribution in [0.1, 0.15) is 45.4 Å².